The van der Waals surface area contributed by atoms with E-state index in [1.807, 2.05) is 18.2 Å². The third-order valence-corrected chi connectivity index (χ3v) is 4.89. The van der Waals surface area contributed by atoms with Crippen LogP contribution in [0, 0.1) is 0 Å². The van der Waals surface area contributed by atoms with E-state index in [-0.39, 0.29) is 25.2 Å². The molecule has 1 aliphatic heterocycles. The number of fused-ring (bicyclic) bond motifs is 1. The Morgan fingerprint density at radius 3 is 2.79 bits per heavy atom. The van der Waals surface area contributed by atoms with Crippen LogP contribution in [0.1, 0.15) is 29.7 Å². The van der Waals surface area contributed by atoms with Crippen LogP contribution < -0.4 is 4.74 Å². The molecule has 1 unspecified atom stereocenters. The Morgan fingerprint density at radius 2 is 2.04 bits per heavy atom. The van der Waals surface area contributed by atoms with Crippen molar-refractivity contribution in [2.24, 2.45) is 0 Å². The molecule has 0 radical (unpaired) electrons. The van der Waals surface area contributed by atoms with Gasteiger partial charge < -0.3 is 14.4 Å². The molecule has 1 aliphatic rings. The predicted octanol–water partition coefficient (Wildman–Crippen LogP) is 3.94. The molecule has 0 saturated carbocycles. The quantitative estimate of drug-likeness (QED) is 0.545. The number of carbonyl (C=O) groups is 2. The van der Waals surface area contributed by atoms with Gasteiger partial charge >= 0.3 is 5.97 Å². The molecule has 0 aliphatic carbocycles. The van der Waals surface area contributed by atoms with Crippen molar-refractivity contribution in [2.45, 2.75) is 19.4 Å². The first-order valence-electron chi connectivity index (χ1n) is 9.13. The number of carbonyl (C=O) groups excluding carboxylic acids is 2. The molecule has 3 rings (SSSR count). The van der Waals surface area contributed by atoms with Gasteiger partial charge in [-0.1, -0.05) is 42.4 Å². The maximum atomic E-state index is 12.6. The van der Waals surface area contributed by atoms with Crippen LogP contribution in [0.5, 0.6) is 5.75 Å². The highest BCUT2D eigenvalue weighted by molar-refractivity contribution is 6.30. The van der Waals surface area contributed by atoms with Gasteiger partial charge in [0.2, 0.25) is 5.91 Å². The van der Waals surface area contributed by atoms with Gasteiger partial charge in [-0.05, 0) is 48.7 Å². The van der Waals surface area contributed by atoms with Gasteiger partial charge in [-0.3, -0.25) is 4.79 Å². The van der Waals surface area contributed by atoms with E-state index in [9.17, 15) is 9.59 Å². The minimum Gasteiger partial charge on any atom is -0.482 e. The van der Waals surface area contributed by atoms with Crippen molar-refractivity contribution >= 4 is 23.5 Å². The maximum Gasteiger partial charge on any atom is 0.344 e. The molecule has 5 nitrogen and oxygen atoms in total. The first-order chi connectivity index (χ1) is 13.5. The van der Waals surface area contributed by atoms with Crippen LogP contribution in [0.15, 0.2) is 55.1 Å². The van der Waals surface area contributed by atoms with E-state index in [4.69, 9.17) is 21.1 Å². The monoisotopic (exact) mass is 399 g/mol. The van der Waals surface area contributed by atoms with Crippen LogP contribution in [-0.4, -0.2) is 36.5 Å². The Hall–Kier alpha value is -2.79. The topological polar surface area (TPSA) is 55.8 Å². The molecule has 2 aromatic rings. The second-order valence-electron chi connectivity index (χ2n) is 6.36. The minimum absolute atomic E-state index is 0.171. The van der Waals surface area contributed by atoms with Gasteiger partial charge in [0, 0.05) is 17.1 Å². The van der Waals surface area contributed by atoms with Crippen LogP contribution >= 0.6 is 11.6 Å². The molecule has 1 atom stereocenters. The van der Waals surface area contributed by atoms with Crippen molar-refractivity contribution in [3.63, 3.8) is 0 Å². The number of hydrogen-bond acceptors (Lipinski definition) is 4. The Kier molecular flexibility index (Phi) is 6.37. The van der Waals surface area contributed by atoms with Gasteiger partial charge in [-0.2, -0.15) is 0 Å². The SMILES string of the molecule is C=CC(=O)N1CCc2ccccc2C1c1cc(Cl)ccc1OCC(=O)OCC. The largest absolute Gasteiger partial charge is 0.482 e. The van der Waals surface area contributed by atoms with Gasteiger partial charge in [0.25, 0.3) is 0 Å². The van der Waals surface area contributed by atoms with Crippen molar-refractivity contribution < 1.29 is 19.1 Å². The molecule has 2 aromatic carbocycles. The summed E-state index contributed by atoms with van der Waals surface area (Å²) < 4.78 is 10.7. The molecular formula is C22H22ClNO4. The second-order valence-corrected chi connectivity index (χ2v) is 6.80. The van der Waals surface area contributed by atoms with Gasteiger partial charge in [0.1, 0.15) is 5.75 Å². The van der Waals surface area contributed by atoms with Crippen LogP contribution in [0.25, 0.3) is 0 Å². The standard InChI is InChI=1S/C22H22ClNO4/c1-3-20(25)24-12-11-15-7-5-6-8-17(15)22(24)18-13-16(23)9-10-19(18)28-14-21(26)27-4-2/h3,5-10,13,22H,1,4,11-12,14H2,2H3. The molecule has 0 spiro atoms. The number of hydrogen-bond donors (Lipinski definition) is 0. The zero-order valence-electron chi connectivity index (χ0n) is 15.7. The highest BCUT2D eigenvalue weighted by Gasteiger charge is 2.33. The van der Waals surface area contributed by atoms with Gasteiger partial charge in [-0.15, -0.1) is 0 Å². The molecule has 1 amide bonds. The zero-order valence-corrected chi connectivity index (χ0v) is 16.4. The molecule has 1 heterocycles. The Labute approximate surface area is 169 Å². The number of ether oxygens (including phenoxy) is 2. The fourth-order valence-corrected chi connectivity index (χ4v) is 3.64. The summed E-state index contributed by atoms with van der Waals surface area (Å²) >= 11 is 6.27. The van der Waals surface area contributed by atoms with Crippen molar-refractivity contribution in [1.29, 1.82) is 0 Å². The molecule has 28 heavy (non-hydrogen) atoms. The number of amides is 1. The zero-order chi connectivity index (χ0) is 20.1. The summed E-state index contributed by atoms with van der Waals surface area (Å²) in [6, 6.07) is 12.8. The van der Waals surface area contributed by atoms with E-state index in [0.29, 0.717) is 17.3 Å². The normalized spacial score (nSPS) is 15.5. The Morgan fingerprint density at radius 1 is 1.25 bits per heavy atom. The molecular weight excluding hydrogens is 378 g/mol. The molecule has 0 saturated heterocycles. The van der Waals surface area contributed by atoms with Gasteiger partial charge in [0.15, 0.2) is 6.61 Å². The van der Waals surface area contributed by atoms with E-state index in [1.165, 1.54) is 6.08 Å². The molecule has 0 fully saturated rings. The van der Waals surface area contributed by atoms with E-state index >= 15 is 0 Å². The lowest BCUT2D eigenvalue weighted by Gasteiger charge is -2.37. The Bertz CT molecular complexity index is 896. The van der Waals surface area contributed by atoms with Crippen LogP contribution in [0.2, 0.25) is 5.02 Å². The number of benzene rings is 2. The molecule has 0 N–H and O–H groups in total. The average molecular weight is 400 g/mol. The van der Waals surface area contributed by atoms with Gasteiger partial charge in [-0.25, -0.2) is 4.79 Å². The average Bonchev–Trinajstić information content (AvgIpc) is 2.71. The van der Waals surface area contributed by atoms with Crippen LogP contribution in [-0.2, 0) is 20.7 Å². The Balaban J connectivity index is 2.05. The van der Waals surface area contributed by atoms with Gasteiger partial charge in [0.05, 0.1) is 12.6 Å². The van der Waals surface area contributed by atoms with E-state index in [0.717, 1.165) is 23.1 Å². The van der Waals surface area contributed by atoms with Crippen LogP contribution in [0.3, 0.4) is 0 Å². The lowest BCUT2D eigenvalue weighted by atomic mass is 9.87. The molecule has 0 aromatic heterocycles. The third-order valence-electron chi connectivity index (χ3n) is 4.66. The highest BCUT2D eigenvalue weighted by Crippen LogP contribution is 2.40. The number of esters is 1. The van der Waals surface area contributed by atoms with Crippen molar-refractivity contribution in [2.75, 3.05) is 19.8 Å². The maximum absolute atomic E-state index is 12.6. The smallest absolute Gasteiger partial charge is 0.344 e. The summed E-state index contributed by atoms with van der Waals surface area (Å²) in [5, 5.41) is 0.521. The van der Waals surface area contributed by atoms with E-state index in [2.05, 4.69) is 12.6 Å². The number of nitrogens with zero attached hydrogens (tertiary/aromatic N) is 1. The van der Waals surface area contributed by atoms with Crippen molar-refractivity contribution in [1.82, 2.24) is 4.90 Å². The van der Waals surface area contributed by atoms with Crippen molar-refractivity contribution in [3.8, 4) is 5.75 Å². The van der Waals surface area contributed by atoms with Crippen LogP contribution in [0.4, 0.5) is 0 Å². The van der Waals surface area contributed by atoms with E-state index < -0.39 is 5.97 Å². The fraction of sp³-hybridized carbons (Fsp3) is 0.273. The minimum atomic E-state index is -0.452. The first-order valence-corrected chi connectivity index (χ1v) is 9.51. The lowest BCUT2D eigenvalue weighted by Crippen LogP contribution is -2.39. The summed E-state index contributed by atoms with van der Waals surface area (Å²) in [5.74, 6) is -0.136. The molecule has 6 heteroatoms. The first kappa shape index (κ1) is 20.0. The number of rotatable bonds is 6. The molecule has 146 valence electrons. The molecule has 0 bridgehead atoms. The lowest BCUT2D eigenvalue weighted by molar-refractivity contribution is -0.145. The predicted molar refractivity (Wildman–Crippen MR) is 107 cm³/mol. The summed E-state index contributed by atoms with van der Waals surface area (Å²) in [4.78, 5) is 26.1. The summed E-state index contributed by atoms with van der Waals surface area (Å²) in [6.45, 7) is 5.99. The number of halogens is 1. The van der Waals surface area contributed by atoms with Crippen molar-refractivity contribution in [3.05, 3.63) is 76.8 Å². The summed E-state index contributed by atoms with van der Waals surface area (Å²) in [7, 11) is 0. The third kappa shape index (κ3) is 4.20. The summed E-state index contributed by atoms with van der Waals surface area (Å²) in [5.41, 5.74) is 2.89. The highest BCUT2D eigenvalue weighted by atomic mass is 35.5. The van der Waals surface area contributed by atoms with E-state index in [1.54, 1.807) is 30.0 Å². The second kappa shape index (κ2) is 8.93. The fourth-order valence-electron chi connectivity index (χ4n) is 3.46. The summed E-state index contributed by atoms with van der Waals surface area (Å²) in [6.07, 6.45) is 2.07.